The lowest BCUT2D eigenvalue weighted by atomic mass is 10.0. The van der Waals surface area contributed by atoms with Crippen LogP contribution in [0.5, 0.6) is 0 Å². The Morgan fingerprint density at radius 3 is 2.61 bits per heavy atom. The molecule has 0 aliphatic heterocycles. The molecule has 0 saturated heterocycles. The molecule has 1 N–H and O–H groups in total. The van der Waals surface area contributed by atoms with Crippen molar-refractivity contribution in [1.82, 2.24) is 24.9 Å². The molecule has 0 saturated carbocycles. The summed E-state index contributed by atoms with van der Waals surface area (Å²) in [5.74, 6) is 0.276. The van der Waals surface area contributed by atoms with Gasteiger partial charge in [-0.2, -0.15) is 4.98 Å². The average molecular weight is 309 g/mol. The molecular formula is C17H19N5O. The third kappa shape index (κ3) is 3.06. The standard InChI is InChI=1S/C17H19N5O/c1-4-14(13-7-5-11(2)6-8-13)19-16(23)15-20-17-18-10-9-12(3)22(17)21-15/h5-10,14H,4H2,1-3H3,(H,19,23)/t14-/m0/s1. The molecule has 0 bridgehead atoms. The molecular weight excluding hydrogens is 290 g/mol. The van der Waals surface area contributed by atoms with E-state index < -0.39 is 0 Å². The molecule has 118 valence electrons. The Kier molecular flexibility index (Phi) is 4.06. The monoisotopic (exact) mass is 309 g/mol. The van der Waals surface area contributed by atoms with Gasteiger partial charge in [-0.1, -0.05) is 36.8 Å². The summed E-state index contributed by atoms with van der Waals surface area (Å²) in [6.07, 6.45) is 2.45. The van der Waals surface area contributed by atoms with Crippen molar-refractivity contribution < 1.29 is 4.79 Å². The maximum absolute atomic E-state index is 12.5. The van der Waals surface area contributed by atoms with Crippen LogP contribution >= 0.6 is 0 Å². The summed E-state index contributed by atoms with van der Waals surface area (Å²) in [5, 5.41) is 7.23. The fourth-order valence-electron chi connectivity index (χ4n) is 2.45. The van der Waals surface area contributed by atoms with Crippen molar-refractivity contribution in [3.8, 4) is 0 Å². The third-order valence-corrected chi connectivity index (χ3v) is 3.83. The minimum Gasteiger partial charge on any atom is -0.342 e. The van der Waals surface area contributed by atoms with E-state index >= 15 is 0 Å². The van der Waals surface area contributed by atoms with Crippen LogP contribution in [0.3, 0.4) is 0 Å². The Morgan fingerprint density at radius 1 is 1.22 bits per heavy atom. The number of hydrogen-bond acceptors (Lipinski definition) is 4. The number of nitrogens with one attached hydrogen (secondary N) is 1. The molecule has 3 rings (SSSR count). The zero-order valence-corrected chi connectivity index (χ0v) is 13.4. The van der Waals surface area contributed by atoms with E-state index in [0.717, 1.165) is 17.7 Å². The minimum absolute atomic E-state index is 0.0660. The van der Waals surface area contributed by atoms with E-state index in [1.807, 2.05) is 51.1 Å². The number of fused-ring (bicyclic) bond motifs is 1. The second-order valence-electron chi connectivity index (χ2n) is 5.58. The number of nitrogens with zero attached hydrogens (tertiary/aromatic N) is 4. The summed E-state index contributed by atoms with van der Waals surface area (Å²) in [6, 6.07) is 9.91. The molecule has 0 fully saturated rings. The number of rotatable bonds is 4. The van der Waals surface area contributed by atoms with Gasteiger partial charge in [-0.05, 0) is 31.9 Å². The number of amides is 1. The zero-order chi connectivity index (χ0) is 16.4. The average Bonchev–Trinajstić information content (AvgIpc) is 2.99. The molecule has 23 heavy (non-hydrogen) atoms. The molecule has 0 unspecified atom stereocenters. The predicted octanol–water partition coefficient (Wildman–Crippen LogP) is 2.62. The number of carbonyl (C=O) groups is 1. The second kappa shape index (κ2) is 6.16. The fraction of sp³-hybridized carbons (Fsp3) is 0.294. The predicted molar refractivity (Wildman–Crippen MR) is 87.2 cm³/mol. The van der Waals surface area contributed by atoms with Gasteiger partial charge in [-0.3, -0.25) is 4.79 Å². The van der Waals surface area contributed by atoms with E-state index in [0.29, 0.717) is 5.78 Å². The van der Waals surface area contributed by atoms with Crippen LogP contribution < -0.4 is 5.32 Å². The number of aryl methyl sites for hydroxylation is 2. The van der Waals surface area contributed by atoms with Crippen LogP contribution in [0.4, 0.5) is 0 Å². The molecule has 0 radical (unpaired) electrons. The Hall–Kier alpha value is -2.76. The smallest absolute Gasteiger partial charge is 0.291 e. The number of benzene rings is 1. The first-order valence-corrected chi connectivity index (χ1v) is 7.64. The van der Waals surface area contributed by atoms with Gasteiger partial charge in [-0.25, -0.2) is 9.50 Å². The number of aromatic nitrogens is 4. The molecule has 1 amide bonds. The Labute approximate surface area is 134 Å². The van der Waals surface area contributed by atoms with Crippen LogP contribution in [0.2, 0.25) is 0 Å². The van der Waals surface area contributed by atoms with Crippen molar-refractivity contribution in [2.45, 2.75) is 33.2 Å². The van der Waals surface area contributed by atoms with Crippen LogP contribution in [0.25, 0.3) is 5.78 Å². The van der Waals surface area contributed by atoms with Crippen molar-refractivity contribution in [2.24, 2.45) is 0 Å². The maximum atomic E-state index is 12.5. The summed E-state index contributed by atoms with van der Waals surface area (Å²) >= 11 is 0. The van der Waals surface area contributed by atoms with E-state index in [4.69, 9.17) is 0 Å². The van der Waals surface area contributed by atoms with E-state index in [1.165, 1.54) is 5.56 Å². The highest BCUT2D eigenvalue weighted by atomic mass is 16.2. The lowest BCUT2D eigenvalue weighted by Crippen LogP contribution is -2.29. The van der Waals surface area contributed by atoms with Gasteiger partial charge in [0, 0.05) is 11.9 Å². The van der Waals surface area contributed by atoms with Gasteiger partial charge in [0.05, 0.1) is 6.04 Å². The van der Waals surface area contributed by atoms with Crippen molar-refractivity contribution >= 4 is 11.7 Å². The molecule has 0 aliphatic carbocycles. The quantitative estimate of drug-likeness (QED) is 0.804. The molecule has 6 heteroatoms. The van der Waals surface area contributed by atoms with Gasteiger partial charge in [0.15, 0.2) is 0 Å². The van der Waals surface area contributed by atoms with E-state index in [1.54, 1.807) is 10.7 Å². The van der Waals surface area contributed by atoms with Gasteiger partial charge in [0.25, 0.3) is 11.7 Å². The topological polar surface area (TPSA) is 72.2 Å². The molecule has 1 aromatic carbocycles. The van der Waals surface area contributed by atoms with Gasteiger partial charge < -0.3 is 5.32 Å². The van der Waals surface area contributed by atoms with E-state index in [-0.39, 0.29) is 17.8 Å². The highest BCUT2D eigenvalue weighted by Gasteiger charge is 2.18. The van der Waals surface area contributed by atoms with Crippen LogP contribution in [-0.4, -0.2) is 25.5 Å². The molecule has 6 nitrogen and oxygen atoms in total. The number of carbonyl (C=O) groups excluding carboxylic acids is 1. The molecule has 2 heterocycles. The summed E-state index contributed by atoms with van der Waals surface area (Å²) in [5.41, 5.74) is 3.15. The van der Waals surface area contributed by atoms with Crippen LogP contribution in [0, 0.1) is 13.8 Å². The second-order valence-corrected chi connectivity index (χ2v) is 5.58. The van der Waals surface area contributed by atoms with Crippen LogP contribution in [0.1, 0.15) is 46.8 Å². The van der Waals surface area contributed by atoms with Crippen molar-refractivity contribution in [2.75, 3.05) is 0 Å². The normalized spacial score (nSPS) is 12.3. The van der Waals surface area contributed by atoms with Crippen LogP contribution in [0.15, 0.2) is 36.5 Å². The minimum atomic E-state index is -0.290. The Morgan fingerprint density at radius 2 is 1.96 bits per heavy atom. The first-order chi connectivity index (χ1) is 11.1. The van der Waals surface area contributed by atoms with Gasteiger partial charge in [0.2, 0.25) is 5.82 Å². The largest absolute Gasteiger partial charge is 0.342 e. The lowest BCUT2D eigenvalue weighted by Gasteiger charge is -2.16. The Balaban J connectivity index is 1.83. The molecule has 1 atom stereocenters. The molecule has 3 aromatic rings. The summed E-state index contributed by atoms with van der Waals surface area (Å²) in [4.78, 5) is 20.8. The summed E-state index contributed by atoms with van der Waals surface area (Å²) < 4.78 is 1.57. The van der Waals surface area contributed by atoms with Gasteiger partial charge in [0.1, 0.15) is 0 Å². The van der Waals surface area contributed by atoms with Crippen molar-refractivity contribution in [3.63, 3.8) is 0 Å². The number of hydrogen-bond donors (Lipinski definition) is 1. The summed E-state index contributed by atoms with van der Waals surface area (Å²) in [7, 11) is 0. The highest BCUT2D eigenvalue weighted by molar-refractivity contribution is 5.91. The molecule has 0 aliphatic rings. The fourth-order valence-corrected chi connectivity index (χ4v) is 2.45. The highest BCUT2D eigenvalue weighted by Crippen LogP contribution is 2.17. The zero-order valence-electron chi connectivity index (χ0n) is 13.4. The van der Waals surface area contributed by atoms with Crippen LogP contribution in [-0.2, 0) is 0 Å². The molecule has 2 aromatic heterocycles. The summed E-state index contributed by atoms with van der Waals surface area (Å²) in [6.45, 7) is 5.97. The van der Waals surface area contributed by atoms with E-state index in [2.05, 4.69) is 20.4 Å². The lowest BCUT2D eigenvalue weighted by molar-refractivity contribution is 0.0925. The SMILES string of the molecule is CC[C@H](NC(=O)c1nc2nccc(C)n2n1)c1ccc(C)cc1. The third-order valence-electron chi connectivity index (χ3n) is 3.83. The van der Waals surface area contributed by atoms with Gasteiger partial charge >= 0.3 is 0 Å². The maximum Gasteiger partial charge on any atom is 0.291 e. The van der Waals surface area contributed by atoms with Crippen molar-refractivity contribution in [3.05, 3.63) is 59.2 Å². The van der Waals surface area contributed by atoms with E-state index in [9.17, 15) is 4.79 Å². The van der Waals surface area contributed by atoms with Gasteiger partial charge in [-0.15, -0.1) is 5.10 Å². The first kappa shape index (κ1) is 15.1. The van der Waals surface area contributed by atoms with Crippen molar-refractivity contribution in [1.29, 1.82) is 0 Å². The first-order valence-electron chi connectivity index (χ1n) is 7.64. The Bertz CT molecular complexity index is 838. The molecule has 0 spiro atoms.